The number of nitrogens with one attached hydrogen (secondary N) is 1. The lowest BCUT2D eigenvalue weighted by Gasteiger charge is -2.30. The summed E-state index contributed by atoms with van der Waals surface area (Å²) in [6.07, 6.45) is 3.78. The minimum absolute atomic E-state index is 0.164. The van der Waals surface area contributed by atoms with Crippen LogP contribution in [0.3, 0.4) is 0 Å². The monoisotopic (exact) mass is 441 g/mol. The van der Waals surface area contributed by atoms with Crippen LogP contribution in [0.25, 0.3) is 0 Å². The summed E-state index contributed by atoms with van der Waals surface area (Å²) in [6.45, 7) is 0.998. The third kappa shape index (κ3) is 5.69. The van der Waals surface area contributed by atoms with Crippen molar-refractivity contribution in [3.63, 3.8) is 0 Å². The number of halogens is 1. The highest BCUT2D eigenvalue weighted by atomic mass is 32.2. The van der Waals surface area contributed by atoms with Crippen molar-refractivity contribution in [1.82, 2.24) is 14.5 Å². The van der Waals surface area contributed by atoms with E-state index >= 15 is 0 Å². The van der Waals surface area contributed by atoms with Gasteiger partial charge in [-0.15, -0.1) is 0 Å². The summed E-state index contributed by atoms with van der Waals surface area (Å²) in [5.41, 5.74) is 0. The number of hydrogen-bond donors (Lipinski definition) is 1. The quantitative estimate of drug-likeness (QED) is 0.752. The largest absolute Gasteiger partial charge is 0.484 e. The van der Waals surface area contributed by atoms with Gasteiger partial charge in [0.1, 0.15) is 11.6 Å². The number of sulfonamides is 1. The molecule has 30 heavy (non-hydrogen) atoms. The lowest BCUT2D eigenvalue weighted by Crippen LogP contribution is -2.47. The first-order chi connectivity index (χ1) is 14.3. The van der Waals surface area contributed by atoms with E-state index < -0.39 is 15.8 Å². The number of nitrogens with zero attached hydrogens (tertiary/aromatic N) is 2. The van der Waals surface area contributed by atoms with Crippen molar-refractivity contribution < 1.29 is 27.1 Å². The fourth-order valence-corrected chi connectivity index (χ4v) is 5.36. The molecule has 1 aromatic carbocycles. The van der Waals surface area contributed by atoms with Gasteiger partial charge < -0.3 is 15.0 Å². The van der Waals surface area contributed by atoms with Crippen LogP contribution in [-0.4, -0.2) is 74.5 Å². The summed E-state index contributed by atoms with van der Waals surface area (Å²) in [7, 11) is -3.48. The number of amides is 2. The first-order valence-corrected chi connectivity index (χ1v) is 12.0. The molecule has 10 heteroatoms. The fraction of sp³-hybridized carbons (Fsp3) is 0.600. The van der Waals surface area contributed by atoms with Crippen LogP contribution in [0.1, 0.15) is 25.7 Å². The van der Waals surface area contributed by atoms with Crippen LogP contribution in [0.5, 0.6) is 5.75 Å². The van der Waals surface area contributed by atoms with Gasteiger partial charge in [0.15, 0.2) is 6.61 Å². The third-order valence-corrected chi connectivity index (χ3v) is 6.93. The first kappa shape index (κ1) is 22.5. The zero-order valence-electron chi connectivity index (χ0n) is 17.0. The van der Waals surface area contributed by atoms with Crippen molar-refractivity contribution in [1.29, 1.82) is 0 Å². The molecule has 0 radical (unpaired) electrons. The van der Waals surface area contributed by atoms with Gasteiger partial charge in [0, 0.05) is 32.2 Å². The topological polar surface area (TPSA) is 96.0 Å². The predicted octanol–water partition coefficient (Wildman–Crippen LogP) is 0.983. The summed E-state index contributed by atoms with van der Waals surface area (Å²) in [6, 6.07) is 5.05. The summed E-state index contributed by atoms with van der Waals surface area (Å²) >= 11 is 0. The van der Waals surface area contributed by atoms with Gasteiger partial charge in [-0.05, 0) is 43.5 Å². The van der Waals surface area contributed by atoms with Crippen LogP contribution < -0.4 is 10.1 Å². The third-order valence-electron chi connectivity index (χ3n) is 5.63. The van der Waals surface area contributed by atoms with Gasteiger partial charge in [-0.1, -0.05) is 6.42 Å². The van der Waals surface area contributed by atoms with Crippen LogP contribution in [0.2, 0.25) is 0 Å². The molecule has 1 N–H and O–H groups in total. The van der Waals surface area contributed by atoms with E-state index in [1.807, 2.05) is 0 Å². The van der Waals surface area contributed by atoms with Crippen LogP contribution in [0, 0.1) is 11.7 Å². The number of carbonyl (C=O) groups excluding carboxylic acids is 2. The van der Waals surface area contributed by atoms with Gasteiger partial charge >= 0.3 is 0 Å². The van der Waals surface area contributed by atoms with E-state index in [0.717, 1.165) is 6.42 Å². The van der Waals surface area contributed by atoms with Gasteiger partial charge in [0.25, 0.3) is 5.91 Å². The second-order valence-electron chi connectivity index (χ2n) is 7.75. The summed E-state index contributed by atoms with van der Waals surface area (Å²) in [5.74, 6) is -0.811. The zero-order valence-corrected chi connectivity index (χ0v) is 17.9. The number of rotatable bonds is 4. The molecule has 0 spiro atoms. The molecule has 3 rings (SSSR count). The second-order valence-corrected chi connectivity index (χ2v) is 9.68. The van der Waals surface area contributed by atoms with Crippen molar-refractivity contribution >= 4 is 21.8 Å². The Kier molecular flexibility index (Phi) is 7.30. The Morgan fingerprint density at radius 3 is 2.60 bits per heavy atom. The average Bonchev–Trinajstić information content (AvgIpc) is 3.16. The maximum Gasteiger partial charge on any atom is 0.260 e. The number of carbonyl (C=O) groups is 2. The molecule has 1 heterocycles. The van der Waals surface area contributed by atoms with E-state index in [0.29, 0.717) is 44.6 Å². The van der Waals surface area contributed by atoms with Crippen molar-refractivity contribution in [3.8, 4) is 5.75 Å². The van der Waals surface area contributed by atoms with Crippen LogP contribution in [0.4, 0.5) is 4.39 Å². The van der Waals surface area contributed by atoms with Crippen molar-refractivity contribution in [2.45, 2.75) is 31.7 Å². The fourth-order valence-electron chi connectivity index (χ4n) is 4.16. The summed E-state index contributed by atoms with van der Waals surface area (Å²) < 4.78 is 44.5. The molecule has 0 bridgehead atoms. The molecule has 1 saturated carbocycles. The molecule has 1 saturated heterocycles. The molecule has 1 aliphatic carbocycles. The maximum atomic E-state index is 13.0. The highest BCUT2D eigenvalue weighted by Gasteiger charge is 2.40. The SMILES string of the molecule is CS(=O)(=O)N1CCCN(C(=O)COc2ccc(F)cc2)CCNC(=O)[C@@H]2CCC[C@@H]21. The Hall–Kier alpha value is -2.20. The highest BCUT2D eigenvalue weighted by Crippen LogP contribution is 2.32. The minimum Gasteiger partial charge on any atom is -0.484 e. The number of fused-ring (bicyclic) bond motifs is 1. The molecule has 2 amide bonds. The first-order valence-electron chi connectivity index (χ1n) is 10.2. The maximum absolute atomic E-state index is 13.0. The normalized spacial score (nSPS) is 23.9. The molecule has 166 valence electrons. The van der Waals surface area contributed by atoms with Gasteiger partial charge in [-0.3, -0.25) is 9.59 Å². The molecule has 0 unspecified atom stereocenters. The predicted molar refractivity (Wildman–Crippen MR) is 109 cm³/mol. The standard InChI is InChI=1S/C20H28FN3O5S/c1-30(27,28)24-12-3-11-23(13-10-22-20(26)17-4-2-5-18(17)24)19(25)14-29-16-8-6-15(21)7-9-16/h6-9,17-18H,2-5,10-14H2,1H3,(H,22,26)/t17-,18+/m1/s1. The van der Waals surface area contributed by atoms with E-state index in [1.54, 1.807) is 4.90 Å². The Balaban J connectivity index is 1.66. The molecular weight excluding hydrogens is 413 g/mol. The average molecular weight is 442 g/mol. The van der Waals surface area contributed by atoms with Crippen molar-refractivity contribution in [3.05, 3.63) is 30.1 Å². The van der Waals surface area contributed by atoms with Gasteiger partial charge in [0.05, 0.1) is 12.2 Å². The van der Waals surface area contributed by atoms with Crippen molar-refractivity contribution in [2.75, 3.05) is 39.0 Å². The van der Waals surface area contributed by atoms with Crippen LogP contribution >= 0.6 is 0 Å². The molecular formula is C20H28FN3O5S. The summed E-state index contributed by atoms with van der Waals surface area (Å²) in [4.78, 5) is 26.8. The second kappa shape index (κ2) is 9.74. The van der Waals surface area contributed by atoms with Gasteiger partial charge in [-0.25, -0.2) is 12.8 Å². The number of ether oxygens (including phenoxy) is 1. The van der Waals surface area contributed by atoms with E-state index in [2.05, 4.69) is 5.32 Å². The number of benzene rings is 1. The van der Waals surface area contributed by atoms with Gasteiger partial charge in [0.2, 0.25) is 15.9 Å². The lowest BCUT2D eigenvalue weighted by atomic mass is 10.0. The van der Waals surface area contributed by atoms with Gasteiger partial charge in [-0.2, -0.15) is 4.31 Å². The molecule has 2 atom stereocenters. The number of hydrogen-bond acceptors (Lipinski definition) is 5. The van der Waals surface area contributed by atoms with E-state index in [1.165, 1.54) is 34.8 Å². The molecule has 2 aliphatic rings. The Morgan fingerprint density at radius 1 is 1.17 bits per heavy atom. The van der Waals surface area contributed by atoms with Crippen LogP contribution in [-0.2, 0) is 19.6 Å². The minimum atomic E-state index is -3.48. The Labute approximate surface area is 176 Å². The summed E-state index contributed by atoms with van der Waals surface area (Å²) in [5, 5.41) is 2.85. The van der Waals surface area contributed by atoms with E-state index in [9.17, 15) is 22.4 Å². The molecule has 8 nitrogen and oxygen atoms in total. The Morgan fingerprint density at radius 2 is 1.90 bits per heavy atom. The molecule has 0 aromatic heterocycles. The molecule has 2 fully saturated rings. The van der Waals surface area contributed by atoms with E-state index in [-0.39, 0.29) is 36.9 Å². The highest BCUT2D eigenvalue weighted by molar-refractivity contribution is 7.88. The Bertz CT molecular complexity index is 862. The van der Waals surface area contributed by atoms with Crippen molar-refractivity contribution in [2.24, 2.45) is 5.92 Å². The van der Waals surface area contributed by atoms with Crippen LogP contribution in [0.15, 0.2) is 24.3 Å². The smallest absolute Gasteiger partial charge is 0.260 e. The molecule has 1 aromatic rings. The lowest BCUT2D eigenvalue weighted by molar-refractivity contribution is -0.134. The molecule has 1 aliphatic heterocycles. The zero-order chi connectivity index (χ0) is 21.7. The van der Waals surface area contributed by atoms with E-state index in [4.69, 9.17) is 4.74 Å².